The fourth-order valence-electron chi connectivity index (χ4n) is 1.34. The van der Waals surface area contributed by atoms with E-state index < -0.39 is 4.92 Å². The topological polar surface area (TPSA) is 79.0 Å². The Hall–Kier alpha value is -2.53. The summed E-state index contributed by atoms with van der Waals surface area (Å²) in [4.78, 5) is 10.0. The van der Waals surface area contributed by atoms with Crippen molar-refractivity contribution in [1.82, 2.24) is 0 Å². The average Bonchev–Trinajstić information content (AvgIpc) is 2.35. The molecule has 5 heteroatoms. The van der Waals surface area contributed by atoms with Crippen molar-refractivity contribution in [3.63, 3.8) is 0 Å². The molecule has 0 aliphatic heterocycles. The summed E-state index contributed by atoms with van der Waals surface area (Å²) >= 11 is 0. The van der Waals surface area contributed by atoms with E-state index in [9.17, 15) is 10.1 Å². The first-order chi connectivity index (χ1) is 8.12. The Morgan fingerprint density at radius 3 is 2.82 bits per heavy atom. The Labute approximate surface area is 99.2 Å². The molecular formula is C12H11N3O2. The molecule has 0 saturated heterocycles. The highest BCUT2D eigenvalue weighted by atomic mass is 16.6. The zero-order valence-electron chi connectivity index (χ0n) is 9.30. The summed E-state index contributed by atoms with van der Waals surface area (Å²) in [5, 5.41) is 22.5. The molecule has 0 amide bonds. The lowest BCUT2D eigenvalue weighted by Gasteiger charge is -2.12. The van der Waals surface area contributed by atoms with Crippen molar-refractivity contribution in [2.45, 2.75) is 19.4 Å². The Kier molecular flexibility index (Phi) is 4.08. The van der Waals surface area contributed by atoms with Crippen molar-refractivity contribution in [3.8, 4) is 18.4 Å². The van der Waals surface area contributed by atoms with E-state index in [4.69, 9.17) is 11.7 Å². The maximum Gasteiger partial charge on any atom is 0.287 e. The lowest BCUT2D eigenvalue weighted by molar-refractivity contribution is -0.385. The van der Waals surface area contributed by atoms with Gasteiger partial charge in [-0.05, 0) is 18.6 Å². The van der Waals surface area contributed by atoms with Crippen molar-refractivity contribution in [3.05, 3.63) is 33.9 Å². The third-order valence-corrected chi connectivity index (χ3v) is 2.26. The second kappa shape index (κ2) is 5.53. The number of nitriles is 1. The zero-order valence-corrected chi connectivity index (χ0v) is 9.30. The highest BCUT2D eigenvalue weighted by Gasteiger charge is 2.14. The second-order valence-electron chi connectivity index (χ2n) is 3.37. The molecule has 1 atom stereocenters. The van der Waals surface area contributed by atoms with Gasteiger partial charge < -0.3 is 5.32 Å². The van der Waals surface area contributed by atoms with Crippen molar-refractivity contribution in [2.24, 2.45) is 0 Å². The third kappa shape index (κ3) is 2.96. The van der Waals surface area contributed by atoms with Crippen LogP contribution in [-0.2, 0) is 0 Å². The van der Waals surface area contributed by atoms with Crippen LogP contribution >= 0.6 is 0 Å². The van der Waals surface area contributed by atoms with Gasteiger partial charge in [-0.1, -0.05) is 12.8 Å². The monoisotopic (exact) mass is 229 g/mol. The van der Waals surface area contributed by atoms with Gasteiger partial charge >= 0.3 is 0 Å². The molecule has 0 fully saturated rings. The van der Waals surface area contributed by atoms with Crippen LogP contribution in [0.3, 0.4) is 0 Å². The Bertz CT molecular complexity index is 511. The molecule has 86 valence electrons. The minimum absolute atomic E-state index is 0.0203. The maximum atomic E-state index is 10.6. The summed E-state index contributed by atoms with van der Waals surface area (Å²) < 4.78 is 0. The molecule has 0 spiro atoms. The molecule has 1 unspecified atom stereocenters. The SMILES string of the molecule is C#CC(CC)Nc1ccc([N+](=O)[O-])c(C#N)c1. The van der Waals surface area contributed by atoms with Crippen LogP contribution in [0.4, 0.5) is 11.4 Å². The predicted molar refractivity (Wildman–Crippen MR) is 64.3 cm³/mol. The number of rotatable bonds is 4. The summed E-state index contributed by atoms with van der Waals surface area (Å²) in [6, 6.07) is 5.91. The number of benzene rings is 1. The summed E-state index contributed by atoms with van der Waals surface area (Å²) in [6.45, 7) is 1.92. The van der Waals surface area contributed by atoms with Crippen molar-refractivity contribution >= 4 is 11.4 Å². The molecule has 1 aromatic carbocycles. The molecule has 1 N–H and O–H groups in total. The minimum atomic E-state index is -0.583. The van der Waals surface area contributed by atoms with E-state index in [0.717, 1.165) is 6.42 Å². The quantitative estimate of drug-likeness (QED) is 0.488. The first-order valence-corrected chi connectivity index (χ1v) is 5.03. The molecule has 1 aromatic rings. The highest BCUT2D eigenvalue weighted by Crippen LogP contribution is 2.22. The zero-order chi connectivity index (χ0) is 12.8. The molecule has 0 aliphatic rings. The van der Waals surface area contributed by atoms with Crippen LogP contribution in [0.15, 0.2) is 18.2 Å². The Morgan fingerprint density at radius 2 is 2.35 bits per heavy atom. The summed E-state index contributed by atoms with van der Waals surface area (Å²) in [5.41, 5.74) is 0.427. The van der Waals surface area contributed by atoms with Crippen LogP contribution in [0.5, 0.6) is 0 Å². The van der Waals surface area contributed by atoms with E-state index >= 15 is 0 Å². The number of terminal acetylenes is 1. The number of hydrogen-bond donors (Lipinski definition) is 1. The van der Waals surface area contributed by atoms with Crippen LogP contribution in [0, 0.1) is 33.8 Å². The maximum absolute atomic E-state index is 10.6. The fourth-order valence-corrected chi connectivity index (χ4v) is 1.34. The van der Waals surface area contributed by atoms with Gasteiger partial charge in [0, 0.05) is 11.8 Å². The number of nitrogens with one attached hydrogen (secondary N) is 1. The van der Waals surface area contributed by atoms with E-state index in [-0.39, 0.29) is 17.3 Å². The number of nitro benzene ring substituents is 1. The molecule has 5 nitrogen and oxygen atoms in total. The summed E-state index contributed by atoms with van der Waals surface area (Å²) in [5.74, 6) is 2.55. The second-order valence-corrected chi connectivity index (χ2v) is 3.37. The van der Waals surface area contributed by atoms with Crippen molar-refractivity contribution in [1.29, 1.82) is 5.26 Å². The Balaban J connectivity index is 3.03. The number of anilines is 1. The fraction of sp³-hybridized carbons (Fsp3) is 0.250. The van der Waals surface area contributed by atoms with Crippen molar-refractivity contribution in [2.75, 3.05) is 5.32 Å². The smallest absolute Gasteiger partial charge is 0.287 e. The molecular weight excluding hydrogens is 218 g/mol. The van der Waals surface area contributed by atoms with Gasteiger partial charge in [0.15, 0.2) is 0 Å². The number of nitrogens with zero attached hydrogens (tertiary/aromatic N) is 2. The molecule has 0 aromatic heterocycles. The largest absolute Gasteiger partial charge is 0.372 e. The summed E-state index contributed by atoms with van der Waals surface area (Å²) in [7, 11) is 0. The Morgan fingerprint density at radius 1 is 1.65 bits per heavy atom. The predicted octanol–water partition coefficient (Wildman–Crippen LogP) is 2.29. The third-order valence-electron chi connectivity index (χ3n) is 2.26. The van der Waals surface area contributed by atoms with Gasteiger partial charge in [0.2, 0.25) is 0 Å². The number of hydrogen-bond acceptors (Lipinski definition) is 4. The summed E-state index contributed by atoms with van der Waals surface area (Å²) in [6.07, 6.45) is 6.03. The normalized spacial score (nSPS) is 11.0. The number of nitro groups is 1. The molecule has 0 heterocycles. The van der Waals surface area contributed by atoms with Gasteiger partial charge in [0.25, 0.3) is 5.69 Å². The van der Waals surface area contributed by atoms with Crippen LogP contribution < -0.4 is 5.32 Å². The van der Waals surface area contributed by atoms with Gasteiger partial charge in [-0.3, -0.25) is 10.1 Å². The molecule has 0 radical (unpaired) electrons. The van der Waals surface area contributed by atoms with E-state index in [1.165, 1.54) is 12.1 Å². The van der Waals surface area contributed by atoms with E-state index in [0.29, 0.717) is 5.69 Å². The van der Waals surface area contributed by atoms with E-state index in [1.807, 2.05) is 6.92 Å². The van der Waals surface area contributed by atoms with Gasteiger partial charge in [-0.25, -0.2) is 0 Å². The molecule has 0 bridgehead atoms. The molecule has 1 rings (SSSR count). The molecule has 17 heavy (non-hydrogen) atoms. The van der Waals surface area contributed by atoms with Crippen LogP contribution in [0.1, 0.15) is 18.9 Å². The van der Waals surface area contributed by atoms with Gasteiger partial charge in [0.1, 0.15) is 11.6 Å². The van der Waals surface area contributed by atoms with E-state index in [2.05, 4.69) is 11.2 Å². The van der Waals surface area contributed by atoms with Crippen LogP contribution in [0.2, 0.25) is 0 Å². The lowest BCUT2D eigenvalue weighted by Crippen LogP contribution is -2.15. The standard InChI is InChI=1S/C12H11N3O2/c1-3-10(4-2)14-11-5-6-12(15(16)17)9(7-11)8-13/h1,5-7,10,14H,4H2,2H3. The van der Waals surface area contributed by atoms with Gasteiger partial charge in [-0.15, -0.1) is 6.42 Å². The van der Waals surface area contributed by atoms with Crippen LogP contribution in [-0.4, -0.2) is 11.0 Å². The first-order valence-electron chi connectivity index (χ1n) is 5.03. The first kappa shape index (κ1) is 12.5. The van der Waals surface area contributed by atoms with E-state index in [1.54, 1.807) is 12.1 Å². The van der Waals surface area contributed by atoms with Crippen LogP contribution in [0.25, 0.3) is 0 Å². The average molecular weight is 229 g/mol. The molecule has 0 aliphatic carbocycles. The minimum Gasteiger partial charge on any atom is -0.372 e. The van der Waals surface area contributed by atoms with Gasteiger partial charge in [-0.2, -0.15) is 5.26 Å². The van der Waals surface area contributed by atoms with Crippen molar-refractivity contribution < 1.29 is 4.92 Å². The highest BCUT2D eigenvalue weighted by molar-refractivity contribution is 5.59. The van der Waals surface area contributed by atoms with Gasteiger partial charge in [0.05, 0.1) is 11.0 Å². The molecule has 0 saturated carbocycles. The lowest BCUT2D eigenvalue weighted by atomic mass is 10.1.